The topological polar surface area (TPSA) is 85.8 Å². The highest BCUT2D eigenvalue weighted by Gasteiger charge is 2.18. The number of benzene rings is 1. The van der Waals surface area contributed by atoms with Crippen LogP contribution < -0.4 is 11.1 Å². The van der Waals surface area contributed by atoms with Crippen LogP contribution in [0.5, 0.6) is 0 Å². The summed E-state index contributed by atoms with van der Waals surface area (Å²) in [6.45, 7) is 4.96. The van der Waals surface area contributed by atoms with Gasteiger partial charge in [0, 0.05) is 24.2 Å². The Morgan fingerprint density at radius 2 is 2.04 bits per heavy atom. The van der Waals surface area contributed by atoms with E-state index in [0.29, 0.717) is 6.42 Å². The number of aromatic nitrogens is 3. The van der Waals surface area contributed by atoms with E-state index in [-0.39, 0.29) is 30.7 Å². The Kier molecular flexibility index (Phi) is 9.22. The second-order valence-corrected chi connectivity index (χ2v) is 6.82. The molecule has 27 heavy (non-hydrogen) atoms. The third-order valence-electron chi connectivity index (χ3n) is 4.80. The van der Waals surface area contributed by atoms with E-state index in [0.717, 1.165) is 54.3 Å². The molecule has 6 nitrogen and oxygen atoms in total. The van der Waals surface area contributed by atoms with Crippen molar-refractivity contribution in [2.75, 3.05) is 5.32 Å². The van der Waals surface area contributed by atoms with Crippen molar-refractivity contribution in [1.82, 2.24) is 14.8 Å². The van der Waals surface area contributed by atoms with E-state index in [1.165, 1.54) is 12.8 Å². The summed E-state index contributed by atoms with van der Waals surface area (Å²) in [7, 11) is 0. The molecule has 8 heteroatoms. The van der Waals surface area contributed by atoms with Gasteiger partial charge in [-0.25, -0.2) is 0 Å². The second-order valence-electron chi connectivity index (χ2n) is 6.82. The van der Waals surface area contributed by atoms with Crippen LogP contribution in [0.1, 0.15) is 50.4 Å². The van der Waals surface area contributed by atoms with Crippen LogP contribution in [0.3, 0.4) is 0 Å². The monoisotopic (exact) mass is 413 g/mol. The lowest BCUT2D eigenvalue weighted by Gasteiger charge is -2.14. The predicted octanol–water partition coefficient (Wildman–Crippen LogP) is 3.89. The van der Waals surface area contributed by atoms with Crippen molar-refractivity contribution in [2.45, 2.75) is 65.0 Å². The minimum Gasteiger partial charge on any atom is -0.324 e. The normalized spacial score (nSPS) is 14.2. The van der Waals surface area contributed by atoms with Gasteiger partial charge in [-0.05, 0) is 37.8 Å². The molecule has 0 fully saturated rings. The molecule has 150 valence electrons. The highest BCUT2D eigenvalue weighted by atomic mass is 35.5. The number of fused-ring (bicyclic) bond motifs is 1. The van der Waals surface area contributed by atoms with E-state index >= 15 is 0 Å². The number of hydrogen-bond acceptors (Lipinski definition) is 4. The van der Waals surface area contributed by atoms with Gasteiger partial charge >= 0.3 is 0 Å². The fourth-order valence-electron chi connectivity index (χ4n) is 3.26. The van der Waals surface area contributed by atoms with Gasteiger partial charge in [0.05, 0.1) is 6.04 Å². The van der Waals surface area contributed by atoms with Gasteiger partial charge in [-0.1, -0.05) is 31.9 Å². The first-order valence-corrected chi connectivity index (χ1v) is 9.19. The van der Waals surface area contributed by atoms with Crippen LogP contribution in [0.25, 0.3) is 11.4 Å². The van der Waals surface area contributed by atoms with Crippen LogP contribution in [0.4, 0.5) is 5.69 Å². The van der Waals surface area contributed by atoms with E-state index in [2.05, 4.69) is 20.1 Å². The first-order chi connectivity index (χ1) is 12.1. The lowest BCUT2D eigenvalue weighted by Crippen LogP contribution is -2.35. The van der Waals surface area contributed by atoms with Crippen LogP contribution in [-0.4, -0.2) is 26.7 Å². The highest BCUT2D eigenvalue weighted by Crippen LogP contribution is 2.27. The number of amides is 1. The Balaban J connectivity index is 0.00000182. The third kappa shape index (κ3) is 5.43. The number of hydrogen-bond donors (Lipinski definition) is 2. The van der Waals surface area contributed by atoms with Crippen molar-refractivity contribution in [3.05, 3.63) is 29.6 Å². The van der Waals surface area contributed by atoms with Gasteiger partial charge in [0.2, 0.25) is 5.91 Å². The summed E-state index contributed by atoms with van der Waals surface area (Å²) in [4.78, 5) is 12.3. The van der Waals surface area contributed by atoms with Gasteiger partial charge in [0.25, 0.3) is 0 Å². The zero-order chi connectivity index (χ0) is 17.8. The van der Waals surface area contributed by atoms with Crippen molar-refractivity contribution >= 4 is 36.4 Å². The van der Waals surface area contributed by atoms with E-state index in [1.807, 2.05) is 32.0 Å². The van der Waals surface area contributed by atoms with Gasteiger partial charge in [-0.15, -0.1) is 35.0 Å². The zero-order valence-electron chi connectivity index (χ0n) is 15.9. The highest BCUT2D eigenvalue weighted by molar-refractivity contribution is 5.95. The maximum Gasteiger partial charge on any atom is 0.241 e. The average Bonchev–Trinajstić information content (AvgIpc) is 2.85. The first-order valence-electron chi connectivity index (χ1n) is 9.19. The molecule has 0 spiro atoms. The van der Waals surface area contributed by atoms with Gasteiger partial charge < -0.3 is 15.6 Å². The van der Waals surface area contributed by atoms with Crippen molar-refractivity contribution in [1.29, 1.82) is 0 Å². The minimum atomic E-state index is -0.475. The maximum absolute atomic E-state index is 12.3. The average molecular weight is 414 g/mol. The van der Waals surface area contributed by atoms with E-state index in [4.69, 9.17) is 5.73 Å². The molecule has 0 bridgehead atoms. The van der Waals surface area contributed by atoms with Crippen LogP contribution >= 0.6 is 24.8 Å². The molecule has 1 atom stereocenters. The molecule has 0 aliphatic carbocycles. The molecule has 0 saturated heterocycles. The van der Waals surface area contributed by atoms with Crippen molar-refractivity contribution in [3.8, 4) is 11.4 Å². The van der Waals surface area contributed by atoms with Gasteiger partial charge in [-0.2, -0.15) is 0 Å². The summed E-state index contributed by atoms with van der Waals surface area (Å²) < 4.78 is 2.21. The summed E-state index contributed by atoms with van der Waals surface area (Å²) in [6.07, 6.45) is 6.10. The number of nitrogens with zero attached hydrogens (tertiary/aromatic N) is 3. The number of carbonyl (C=O) groups is 1. The van der Waals surface area contributed by atoms with E-state index in [1.54, 1.807) is 0 Å². The Bertz CT molecular complexity index is 763. The molecule has 1 unspecified atom stereocenters. The molecule has 1 amide bonds. The quantitative estimate of drug-likeness (QED) is 0.777. The number of anilines is 1. The molecule has 0 radical (unpaired) electrons. The predicted molar refractivity (Wildman–Crippen MR) is 114 cm³/mol. The van der Waals surface area contributed by atoms with Gasteiger partial charge in [0.15, 0.2) is 5.82 Å². The summed E-state index contributed by atoms with van der Waals surface area (Å²) in [5, 5.41) is 11.7. The minimum absolute atomic E-state index is 0. The molecule has 1 aliphatic heterocycles. The maximum atomic E-state index is 12.3. The molecule has 1 aliphatic rings. The molecule has 1 aromatic carbocycles. The lowest BCUT2D eigenvalue weighted by atomic mass is 10.1. The smallest absolute Gasteiger partial charge is 0.241 e. The van der Waals surface area contributed by atoms with Crippen molar-refractivity contribution in [2.24, 2.45) is 5.73 Å². The van der Waals surface area contributed by atoms with Gasteiger partial charge in [0.1, 0.15) is 5.82 Å². The summed E-state index contributed by atoms with van der Waals surface area (Å²) >= 11 is 0. The Labute approximate surface area is 173 Å². The van der Waals surface area contributed by atoms with E-state index < -0.39 is 6.04 Å². The standard InChI is InChI=1S/C19H27N5O.2ClH/c1-3-7-15(20)19(25)21-16-12-14(10-9-13(16)2)18-23-22-17-8-5-4-6-11-24(17)18;;/h9-10,12,15H,3-8,11,20H2,1-2H3,(H,21,25);2*1H. The zero-order valence-corrected chi connectivity index (χ0v) is 17.5. The Morgan fingerprint density at radius 1 is 1.26 bits per heavy atom. The molecule has 0 saturated carbocycles. The largest absolute Gasteiger partial charge is 0.324 e. The van der Waals surface area contributed by atoms with Crippen LogP contribution in [-0.2, 0) is 17.8 Å². The Morgan fingerprint density at radius 3 is 2.78 bits per heavy atom. The molecule has 3 N–H and O–H groups in total. The third-order valence-corrected chi connectivity index (χ3v) is 4.80. The molecular formula is C19H29Cl2N5O. The Hall–Kier alpha value is -1.63. The summed E-state index contributed by atoms with van der Waals surface area (Å²) in [5.41, 5.74) is 8.71. The molecule has 1 aromatic heterocycles. The summed E-state index contributed by atoms with van der Waals surface area (Å²) in [6, 6.07) is 5.56. The number of nitrogens with two attached hydrogens (primary N) is 1. The molecule has 2 aromatic rings. The van der Waals surface area contributed by atoms with Crippen LogP contribution in [0.2, 0.25) is 0 Å². The summed E-state index contributed by atoms with van der Waals surface area (Å²) in [5.74, 6) is 1.80. The number of nitrogens with one attached hydrogen (secondary N) is 1. The second kappa shape index (κ2) is 10.6. The SMILES string of the molecule is CCCC(N)C(=O)Nc1cc(-c2nnc3n2CCCCC3)ccc1C.Cl.Cl. The molecule has 2 heterocycles. The number of carbonyl (C=O) groups excluding carboxylic acids is 1. The fraction of sp³-hybridized carbons (Fsp3) is 0.526. The van der Waals surface area contributed by atoms with E-state index in [9.17, 15) is 4.79 Å². The van der Waals surface area contributed by atoms with Crippen LogP contribution in [0.15, 0.2) is 18.2 Å². The fourth-order valence-corrected chi connectivity index (χ4v) is 3.26. The van der Waals surface area contributed by atoms with Crippen molar-refractivity contribution < 1.29 is 4.79 Å². The molecular weight excluding hydrogens is 385 g/mol. The molecule has 3 rings (SSSR count). The number of aryl methyl sites for hydroxylation is 2. The first kappa shape index (κ1) is 23.4. The van der Waals surface area contributed by atoms with Crippen LogP contribution in [0, 0.1) is 6.92 Å². The number of halogens is 2. The lowest BCUT2D eigenvalue weighted by molar-refractivity contribution is -0.117. The van der Waals surface area contributed by atoms with Gasteiger partial charge in [-0.3, -0.25) is 4.79 Å². The number of rotatable bonds is 5. The van der Waals surface area contributed by atoms with Crippen molar-refractivity contribution in [3.63, 3.8) is 0 Å².